The molecule has 1 saturated heterocycles. The van der Waals surface area contributed by atoms with Crippen molar-refractivity contribution in [1.82, 2.24) is 24.6 Å². The Morgan fingerprint density at radius 3 is 2.59 bits per heavy atom. The molecule has 0 unspecified atom stereocenters. The molecule has 5 aromatic rings. The van der Waals surface area contributed by atoms with Crippen LogP contribution in [0.4, 0.5) is 14.5 Å². The number of aryl methyl sites for hydroxylation is 1. The van der Waals surface area contributed by atoms with Gasteiger partial charge in [0.25, 0.3) is 0 Å². The maximum Gasteiger partial charge on any atom is 0.247 e. The van der Waals surface area contributed by atoms with E-state index in [2.05, 4.69) is 20.4 Å². The molecule has 2 atom stereocenters. The molecule has 0 spiro atoms. The fraction of sp³-hybridized carbons (Fsp3) is 0.226. The van der Waals surface area contributed by atoms with E-state index in [4.69, 9.17) is 11.6 Å². The van der Waals surface area contributed by atoms with Gasteiger partial charge in [0, 0.05) is 42.3 Å². The molecule has 3 aromatic heterocycles. The monoisotopic (exact) mass is 634 g/mol. The number of carbonyl (C=O) groups excluding carboxylic acids is 3. The molecule has 0 bridgehead atoms. The third kappa shape index (κ3) is 5.58. The number of carbonyl (C=O) groups is 3. The van der Waals surface area contributed by atoms with E-state index in [9.17, 15) is 18.8 Å². The number of amides is 2. The summed E-state index contributed by atoms with van der Waals surface area (Å²) in [6.45, 7) is 2.51. The molecule has 6 rings (SSSR count). The molecule has 4 heterocycles. The Hall–Kier alpha value is -4.55. The third-order valence-electron chi connectivity index (χ3n) is 7.47. The quantitative estimate of drug-likeness (QED) is 0.217. The van der Waals surface area contributed by atoms with Crippen molar-refractivity contribution in [2.24, 2.45) is 0 Å². The lowest BCUT2D eigenvalue weighted by Gasteiger charge is -2.24. The van der Waals surface area contributed by atoms with Crippen LogP contribution in [-0.4, -0.2) is 61.0 Å². The van der Waals surface area contributed by atoms with Gasteiger partial charge in [-0.05, 0) is 42.1 Å². The van der Waals surface area contributed by atoms with Gasteiger partial charge in [-0.15, -0.1) is 11.3 Å². The van der Waals surface area contributed by atoms with Crippen LogP contribution in [0.25, 0.3) is 32.5 Å². The normalized spacial score (nSPS) is 16.4. The topological polar surface area (TPSA) is 110 Å². The molecular weight excluding hydrogens is 610 g/mol. The van der Waals surface area contributed by atoms with Crippen LogP contribution in [0.1, 0.15) is 29.7 Å². The van der Waals surface area contributed by atoms with Gasteiger partial charge in [0.05, 0.1) is 27.6 Å². The predicted molar refractivity (Wildman–Crippen MR) is 164 cm³/mol. The average molecular weight is 635 g/mol. The van der Waals surface area contributed by atoms with Gasteiger partial charge in [0.2, 0.25) is 11.8 Å². The number of alkyl halides is 1. The van der Waals surface area contributed by atoms with Crippen molar-refractivity contribution in [2.75, 3.05) is 11.9 Å². The highest BCUT2D eigenvalue weighted by Gasteiger charge is 2.40. The summed E-state index contributed by atoms with van der Waals surface area (Å²) in [5.74, 6) is -1.65. The number of fused-ring (bicyclic) bond motifs is 1. The second-order valence-corrected chi connectivity index (χ2v) is 11.8. The van der Waals surface area contributed by atoms with Crippen molar-refractivity contribution in [3.63, 3.8) is 0 Å². The van der Waals surface area contributed by atoms with Crippen LogP contribution in [-0.2, 0) is 16.1 Å². The lowest BCUT2D eigenvalue weighted by Crippen LogP contribution is -2.44. The van der Waals surface area contributed by atoms with Gasteiger partial charge in [0.1, 0.15) is 30.3 Å². The molecule has 2 aromatic carbocycles. The molecule has 1 aliphatic heterocycles. The standard InChI is InChI=1S/C31H25ClF2N6O3S/c1-16(41)29-22-10-18(19-12-35-17(2)36-13-19)6-7-25(22)40(38-29)15-27(42)39-14-20(33)11-26(39)31(43)37-24-5-3-4-21(28(24)34)30-23(32)8-9-44-30/h3-10,12-13,20,26H,11,14-15H2,1-2H3,(H,37,43)/t20-,26+/m1/s1. The Morgan fingerprint density at radius 2 is 1.89 bits per heavy atom. The van der Waals surface area contributed by atoms with Crippen LogP contribution in [0, 0.1) is 12.7 Å². The fourth-order valence-electron chi connectivity index (χ4n) is 5.31. The summed E-state index contributed by atoms with van der Waals surface area (Å²) in [5.41, 5.74) is 2.31. The van der Waals surface area contributed by atoms with Crippen molar-refractivity contribution < 1.29 is 23.2 Å². The van der Waals surface area contributed by atoms with Crippen LogP contribution in [0.3, 0.4) is 0 Å². The van der Waals surface area contributed by atoms with E-state index in [1.54, 1.807) is 61.1 Å². The third-order valence-corrected chi connectivity index (χ3v) is 8.85. The number of anilines is 1. The van der Waals surface area contributed by atoms with E-state index >= 15 is 4.39 Å². The zero-order valence-corrected chi connectivity index (χ0v) is 25.1. The Labute approximate surface area is 259 Å². The Bertz CT molecular complexity index is 1930. The summed E-state index contributed by atoms with van der Waals surface area (Å²) in [5, 5.41) is 9.56. The number of aromatic nitrogens is 4. The number of likely N-dealkylation sites (tertiary alicyclic amines) is 1. The smallest absolute Gasteiger partial charge is 0.247 e. The van der Waals surface area contributed by atoms with Crippen LogP contribution < -0.4 is 5.32 Å². The van der Waals surface area contributed by atoms with Crippen LogP contribution >= 0.6 is 22.9 Å². The first kappa shape index (κ1) is 29.5. The molecule has 1 aliphatic rings. The summed E-state index contributed by atoms with van der Waals surface area (Å²) in [7, 11) is 0. The Balaban J connectivity index is 1.25. The van der Waals surface area contributed by atoms with E-state index in [-0.39, 0.29) is 42.2 Å². The number of nitrogens with zero attached hydrogens (tertiary/aromatic N) is 5. The lowest BCUT2D eigenvalue weighted by atomic mass is 10.0. The second kappa shape index (κ2) is 11.9. The number of Topliss-reactive ketones (excluding diaryl/α,β-unsaturated/α-hetero) is 1. The van der Waals surface area contributed by atoms with Gasteiger partial charge >= 0.3 is 0 Å². The van der Waals surface area contributed by atoms with Crippen molar-refractivity contribution in [3.05, 3.63) is 82.6 Å². The van der Waals surface area contributed by atoms with E-state index in [0.29, 0.717) is 26.6 Å². The number of nitrogens with one attached hydrogen (secondary N) is 1. The summed E-state index contributed by atoms with van der Waals surface area (Å²) in [6, 6.07) is 10.3. The molecule has 0 radical (unpaired) electrons. The summed E-state index contributed by atoms with van der Waals surface area (Å²) in [4.78, 5) is 49.4. The molecule has 0 aliphatic carbocycles. The molecule has 1 fully saturated rings. The first-order valence-corrected chi connectivity index (χ1v) is 14.9. The molecular formula is C31H25ClF2N6O3S. The highest BCUT2D eigenvalue weighted by Crippen LogP contribution is 2.37. The number of hydrogen-bond acceptors (Lipinski definition) is 7. The van der Waals surface area contributed by atoms with Crippen molar-refractivity contribution in [2.45, 2.75) is 39.0 Å². The first-order chi connectivity index (χ1) is 21.1. The predicted octanol–water partition coefficient (Wildman–Crippen LogP) is 6.10. The summed E-state index contributed by atoms with van der Waals surface area (Å²) < 4.78 is 31.4. The van der Waals surface area contributed by atoms with Gasteiger partial charge in [-0.3, -0.25) is 19.1 Å². The minimum absolute atomic E-state index is 0.106. The molecule has 0 saturated carbocycles. The van der Waals surface area contributed by atoms with E-state index < -0.39 is 29.8 Å². The van der Waals surface area contributed by atoms with Crippen LogP contribution in [0.15, 0.2) is 60.2 Å². The zero-order valence-electron chi connectivity index (χ0n) is 23.6. The maximum atomic E-state index is 15.4. The van der Waals surface area contributed by atoms with E-state index in [0.717, 1.165) is 16.0 Å². The van der Waals surface area contributed by atoms with Gasteiger partial charge < -0.3 is 10.2 Å². The number of halogens is 3. The highest BCUT2D eigenvalue weighted by molar-refractivity contribution is 7.14. The lowest BCUT2D eigenvalue weighted by molar-refractivity contribution is -0.137. The Kier molecular flexibility index (Phi) is 7.95. The molecule has 224 valence electrons. The molecule has 44 heavy (non-hydrogen) atoms. The number of benzene rings is 2. The van der Waals surface area contributed by atoms with E-state index in [1.165, 1.54) is 29.0 Å². The van der Waals surface area contributed by atoms with Crippen LogP contribution in [0.2, 0.25) is 5.02 Å². The van der Waals surface area contributed by atoms with Crippen LogP contribution in [0.5, 0.6) is 0 Å². The Morgan fingerprint density at radius 1 is 1.11 bits per heavy atom. The van der Waals surface area contributed by atoms with Crippen molar-refractivity contribution >= 4 is 57.1 Å². The zero-order chi connectivity index (χ0) is 31.1. The van der Waals surface area contributed by atoms with E-state index in [1.807, 2.05) is 0 Å². The highest BCUT2D eigenvalue weighted by atomic mass is 35.5. The molecule has 1 N–H and O–H groups in total. The minimum atomic E-state index is -1.45. The molecule has 9 nitrogen and oxygen atoms in total. The number of ketones is 1. The number of hydrogen-bond donors (Lipinski definition) is 1. The summed E-state index contributed by atoms with van der Waals surface area (Å²) in [6.07, 6.45) is 1.67. The van der Waals surface area contributed by atoms with Gasteiger partial charge in [-0.2, -0.15) is 5.10 Å². The molecule has 2 amide bonds. The van der Waals surface area contributed by atoms with Gasteiger partial charge in [-0.1, -0.05) is 29.8 Å². The number of thiophene rings is 1. The fourth-order valence-corrected chi connectivity index (χ4v) is 6.49. The largest absolute Gasteiger partial charge is 0.326 e. The molecule has 13 heteroatoms. The first-order valence-electron chi connectivity index (χ1n) is 13.7. The number of rotatable bonds is 7. The minimum Gasteiger partial charge on any atom is -0.326 e. The second-order valence-electron chi connectivity index (χ2n) is 10.5. The van der Waals surface area contributed by atoms with Crippen molar-refractivity contribution in [3.8, 4) is 21.6 Å². The maximum absolute atomic E-state index is 15.4. The van der Waals surface area contributed by atoms with Crippen molar-refractivity contribution in [1.29, 1.82) is 0 Å². The summed E-state index contributed by atoms with van der Waals surface area (Å²) >= 11 is 7.44. The van der Waals surface area contributed by atoms with Gasteiger partial charge in [0.15, 0.2) is 11.6 Å². The van der Waals surface area contributed by atoms with Gasteiger partial charge in [-0.25, -0.2) is 18.7 Å². The SMILES string of the molecule is CC(=O)c1nn(CC(=O)N2C[C@H](F)C[C@H]2C(=O)Nc2cccc(-c3sccc3Cl)c2F)c2ccc(-c3cnc(C)nc3)cc12. The average Bonchev–Trinajstić information content (AvgIpc) is 3.71.